The van der Waals surface area contributed by atoms with Crippen molar-refractivity contribution < 1.29 is 19.8 Å². The molecule has 3 rings (SSSR count). The van der Waals surface area contributed by atoms with E-state index in [0.29, 0.717) is 5.56 Å². The lowest BCUT2D eigenvalue weighted by molar-refractivity contribution is -0.162. The van der Waals surface area contributed by atoms with Gasteiger partial charge in [-0.15, -0.1) is 11.8 Å². The van der Waals surface area contributed by atoms with E-state index in [-0.39, 0.29) is 31.8 Å². The normalized spacial score (nSPS) is 16.3. The maximum Gasteiger partial charge on any atom is 0.335 e. The van der Waals surface area contributed by atoms with Gasteiger partial charge < -0.3 is 15.1 Å². The zero-order valence-electron chi connectivity index (χ0n) is 14.3. The summed E-state index contributed by atoms with van der Waals surface area (Å²) in [7, 11) is 0. The molecule has 1 heterocycles. The number of aliphatic hydroxyl groups is 1. The number of aliphatic carboxylic acids is 1. The molecular weight excluding hydrogens is 350 g/mol. The van der Waals surface area contributed by atoms with Gasteiger partial charge in [-0.1, -0.05) is 30.3 Å². The molecule has 0 unspecified atom stereocenters. The zero-order valence-corrected chi connectivity index (χ0v) is 15.1. The number of likely N-dealkylation sites (tertiary alicyclic amines) is 1. The van der Waals surface area contributed by atoms with E-state index in [0.717, 1.165) is 11.3 Å². The molecule has 5 nitrogen and oxygen atoms in total. The Morgan fingerprint density at radius 3 is 2.19 bits per heavy atom. The van der Waals surface area contributed by atoms with Gasteiger partial charge >= 0.3 is 5.97 Å². The first kappa shape index (κ1) is 18.5. The number of nitrogens with zero attached hydrogens (tertiary/aromatic N) is 1. The first-order chi connectivity index (χ1) is 12.5. The van der Waals surface area contributed by atoms with Gasteiger partial charge in [0.1, 0.15) is 0 Å². The zero-order chi connectivity index (χ0) is 18.6. The fourth-order valence-electron chi connectivity index (χ4n) is 2.90. The topological polar surface area (TPSA) is 77.8 Å². The van der Waals surface area contributed by atoms with Crippen LogP contribution in [0.1, 0.15) is 28.8 Å². The van der Waals surface area contributed by atoms with Gasteiger partial charge in [0.05, 0.1) is 0 Å². The fourth-order valence-corrected chi connectivity index (χ4v) is 3.78. The Balaban J connectivity index is 1.57. The van der Waals surface area contributed by atoms with E-state index in [1.807, 2.05) is 30.3 Å². The van der Waals surface area contributed by atoms with Gasteiger partial charge in [0.15, 0.2) is 5.60 Å². The summed E-state index contributed by atoms with van der Waals surface area (Å²) in [4.78, 5) is 26.4. The maximum absolute atomic E-state index is 12.6. The number of hydrogen-bond acceptors (Lipinski definition) is 4. The number of carboxylic acids is 1. The molecule has 0 aliphatic carbocycles. The number of hydrogen-bond donors (Lipinski definition) is 2. The van der Waals surface area contributed by atoms with Crippen molar-refractivity contribution in [1.29, 1.82) is 0 Å². The molecule has 1 aliphatic rings. The summed E-state index contributed by atoms with van der Waals surface area (Å²) in [6.07, 6.45) is 0.111. The van der Waals surface area contributed by atoms with Gasteiger partial charge in [0, 0.05) is 42.1 Å². The van der Waals surface area contributed by atoms with Crippen LogP contribution >= 0.6 is 11.8 Å². The van der Waals surface area contributed by atoms with E-state index in [4.69, 9.17) is 5.11 Å². The van der Waals surface area contributed by atoms with Crippen LogP contribution in [-0.4, -0.2) is 45.7 Å². The van der Waals surface area contributed by atoms with E-state index in [2.05, 4.69) is 12.1 Å². The molecule has 0 saturated carbocycles. The van der Waals surface area contributed by atoms with Crippen LogP contribution in [0.25, 0.3) is 0 Å². The van der Waals surface area contributed by atoms with E-state index < -0.39 is 11.6 Å². The van der Waals surface area contributed by atoms with Crippen molar-refractivity contribution in [3.05, 3.63) is 65.7 Å². The summed E-state index contributed by atoms with van der Waals surface area (Å²) in [5, 5.41) is 19.0. The van der Waals surface area contributed by atoms with Crippen LogP contribution in [0.2, 0.25) is 0 Å². The van der Waals surface area contributed by atoms with Crippen molar-refractivity contribution in [3.8, 4) is 0 Å². The van der Waals surface area contributed by atoms with Crippen LogP contribution in [0.15, 0.2) is 59.5 Å². The monoisotopic (exact) mass is 371 g/mol. The Hall–Kier alpha value is -2.31. The molecule has 0 bridgehead atoms. The summed E-state index contributed by atoms with van der Waals surface area (Å²) < 4.78 is 0. The first-order valence-electron chi connectivity index (χ1n) is 8.50. The van der Waals surface area contributed by atoms with Gasteiger partial charge in [-0.25, -0.2) is 4.79 Å². The van der Waals surface area contributed by atoms with E-state index in [1.54, 1.807) is 28.8 Å². The SMILES string of the molecule is O=C(c1ccc(CSc2ccccc2)cc1)N1CCC(O)(C(=O)O)CC1. The molecule has 2 N–H and O–H groups in total. The number of carbonyl (C=O) groups is 2. The van der Waals surface area contributed by atoms with E-state index in [1.165, 1.54) is 4.90 Å². The van der Waals surface area contributed by atoms with E-state index in [9.17, 15) is 14.7 Å². The number of benzene rings is 2. The molecule has 0 atom stereocenters. The Morgan fingerprint density at radius 1 is 1.00 bits per heavy atom. The third-order valence-corrected chi connectivity index (χ3v) is 5.71. The lowest BCUT2D eigenvalue weighted by atomic mass is 9.91. The highest BCUT2D eigenvalue weighted by atomic mass is 32.2. The van der Waals surface area contributed by atoms with Crippen LogP contribution < -0.4 is 0 Å². The number of amides is 1. The minimum Gasteiger partial charge on any atom is -0.479 e. The highest BCUT2D eigenvalue weighted by Gasteiger charge is 2.40. The smallest absolute Gasteiger partial charge is 0.335 e. The third-order valence-electron chi connectivity index (χ3n) is 4.63. The van der Waals surface area contributed by atoms with Gasteiger partial charge in [-0.05, 0) is 29.8 Å². The molecule has 0 aromatic heterocycles. The largest absolute Gasteiger partial charge is 0.479 e. The Morgan fingerprint density at radius 2 is 1.62 bits per heavy atom. The molecular formula is C20H21NO4S. The van der Waals surface area contributed by atoms with Gasteiger partial charge in [-0.2, -0.15) is 0 Å². The molecule has 2 aromatic carbocycles. The standard InChI is InChI=1S/C20H21NO4S/c22-18(21-12-10-20(25,11-13-21)19(23)24)16-8-6-15(7-9-16)14-26-17-4-2-1-3-5-17/h1-9,25H,10-14H2,(H,23,24). The highest BCUT2D eigenvalue weighted by molar-refractivity contribution is 7.98. The lowest BCUT2D eigenvalue weighted by Crippen LogP contribution is -2.50. The van der Waals surface area contributed by atoms with Crippen molar-refractivity contribution >= 4 is 23.6 Å². The lowest BCUT2D eigenvalue weighted by Gasteiger charge is -2.35. The number of carbonyl (C=O) groups excluding carboxylic acids is 1. The van der Waals surface area contributed by atoms with Crippen molar-refractivity contribution in [2.45, 2.75) is 29.1 Å². The van der Waals surface area contributed by atoms with Gasteiger partial charge in [0.25, 0.3) is 5.91 Å². The van der Waals surface area contributed by atoms with Gasteiger partial charge in [0.2, 0.25) is 0 Å². The Bertz CT molecular complexity index is 768. The Kier molecular flexibility index (Phi) is 5.64. The van der Waals surface area contributed by atoms with Crippen LogP contribution in [-0.2, 0) is 10.5 Å². The summed E-state index contributed by atoms with van der Waals surface area (Å²) in [6.45, 7) is 0.487. The number of carboxylic acid groups (broad SMARTS) is 1. The molecule has 1 saturated heterocycles. The second kappa shape index (κ2) is 7.93. The second-order valence-corrected chi connectivity index (χ2v) is 7.48. The van der Waals surface area contributed by atoms with E-state index >= 15 is 0 Å². The highest BCUT2D eigenvalue weighted by Crippen LogP contribution is 2.25. The molecule has 2 aromatic rings. The number of piperidine rings is 1. The fraction of sp³-hybridized carbons (Fsp3) is 0.300. The van der Waals surface area contributed by atoms with Crippen molar-refractivity contribution in [1.82, 2.24) is 4.90 Å². The minimum absolute atomic E-state index is 0.0554. The summed E-state index contributed by atoms with van der Waals surface area (Å²) in [5.41, 5.74) is 0.00323. The Labute approximate surface area is 156 Å². The molecule has 1 amide bonds. The van der Waals surface area contributed by atoms with Crippen molar-refractivity contribution in [2.75, 3.05) is 13.1 Å². The predicted octanol–water partition coefficient (Wildman–Crippen LogP) is 3.03. The van der Waals surface area contributed by atoms with Crippen LogP contribution in [0, 0.1) is 0 Å². The predicted molar refractivity (Wildman–Crippen MR) is 100 cm³/mol. The van der Waals surface area contributed by atoms with Gasteiger partial charge in [-0.3, -0.25) is 4.79 Å². The molecule has 1 aliphatic heterocycles. The first-order valence-corrected chi connectivity index (χ1v) is 9.48. The van der Waals surface area contributed by atoms with Crippen LogP contribution in [0.3, 0.4) is 0 Å². The average Bonchev–Trinajstić information content (AvgIpc) is 2.67. The molecule has 0 spiro atoms. The molecule has 6 heteroatoms. The molecule has 136 valence electrons. The maximum atomic E-state index is 12.6. The third kappa shape index (κ3) is 4.26. The van der Waals surface area contributed by atoms with Crippen LogP contribution in [0.5, 0.6) is 0 Å². The molecule has 0 radical (unpaired) electrons. The van der Waals surface area contributed by atoms with Crippen LogP contribution in [0.4, 0.5) is 0 Å². The minimum atomic E-state index is -1.71. The second-order valence-electron chi connectivity index (χ2n) is 6.43. The summed E-state index contributed by atoms with van der Waals surface area (Å²) in [6, 6.07) is 17.6. The average molecular weight is 371 g/mol. The molecule has 1 fully saturated rings. The van der Waals surface area contributed by atoms with Crippen molar-refractivity contribution in [3.63, 3.8) is 0 Å². The molecule has 26 heavy (non-hydrogen) atoms. The summed E-state index contributed by atoms with van der Waals surface area (Å²) in [5.74, 6) is -0.516. The quantitative estimate of drug-likeness (QED) is 0.790. The summed E-state index contributed by atoms with van der Waals surface area (Å²) >= 11 is 1.74. The number of thioether (sulfide) groups is 1. The number of rotatable bonds is 5. The van der Waals surface area contributed by atoms with Crippen molar-refractivity contribution in [2.24, 2.45) is 0 Å².